The first-order chi connectivity index (χ1) is 8.95. The zero-order valence-corrected chi connectivity index (χ0v) is 11.5. The van der Waals surface area contributed by atoms with E-state index < -0.39 is 6.04 Å². The molecule has 6 nitrogen and oxygen atoms in total. The molecule has 0 aliphatic heterocycles. The van der Waals surface area contributed by atoms with Gasteiger partial charge in [-0.3, -0.25) is 9.36 Å². The van der Waals surface area contributed by atoms with Crippen molar-refractivity contribution in [1.29, 1.82) is 0 Å². The number of hydrogen-bond donors (Lipinski definition) is 1. The fourth-order valence-corrected chi connectivity index (χ4v) is 2.12. The van der Waals surface area contributed by atoms with Crippen molar-refractivity contribution in [2.45, 2.75) is 13.0 Å². The highest BCUT2D eigenvalue weighted by atomic mass is 16.5. The number of nitrogens with zero attached hydrogens (tertiary/aromatic N) is 3. The molecule has 0 fully saturated rings. The maximum absolute atomic E-state index is 12.1. The van der Waals surface area contributed by atoms with E-state index in [-0.39, 0.29) is 5.91 Å². The van der Waals surface area contributed by atoms with Crippen LogP contribution in [0.1, 0.15) is 13.0 Å². The molecule has 6 heteroatoms. The highest BCUT2D eigenvalue weighted by Crippen LogP contribution is 2.26. The molecule has 102 valence electrons. The Morgan fingerprint density at radius 3 is 2.74 bits per heavy atom. The Hall–Kier alpha value is -2.24. The summed E-state index contributed by atoms with van der Waals surface area (Å²) in [4.78, 5) is 17.9. The predicted molar refractivity (Wildman–Crippen MR) is 74.1 cm³/mol. The van der Waals surface area contributed by atoms with Crippen molar-refractivity contribution < 1.29 is 9.53 Å². The van der Waals surface area contributed by atoms with Gasteiger partial charge in [0.1, 0.15) is 11.8 Å². The van der Waals surface area contributed by atoms with Crippen molar-refractivity contribution in [3.8, 4) is 5.75 Å². The Kier molecular flexibility index (Phi) is 3.33. The third kappa shape index (κ3) is 2.21. The van der Waals surface area contributed by atoms with Crippen LogP contribution < -0.4 is 10.5 Å². The van der Waals surface area contributed by atoms with Crippen LogP contribution in [-0.2, 0) is 4.79 Å². The van der Waals surface area contributed by atoms with Gasteiger partial charge in [0.25, 0.3) is 0 Å². The van der Waals surface area contributed by atoms with E-state index in [1.54, 1.807) is 36.7 Å². The zero-order chi connectivity index (χ0) is 14.2. The van der Waals surface area contributed by atoms with E-state index in [1.807, 2.05) is 19.1 Å². The summed E-state index contributed by atoms with van der Waals surface area (Å²) in [7, 11) is 5.04. The van der Waals surface area contributed by atoms with Crippen molar-refractivity contribution in [3.05, 3.63) is 18.2 Å². The van der Waals surface area contributed by atoms with Gasteiger partial charge in [-0.2, -0.15) is 0 Å². The highest BCUT2D eigenvalue weighted by Gasteiger charge is 2.21. The van der Waals surface area contributed by atoms with Gasteiger partial charge in [-0.1, -0.05) is 0 Å². The molecule has 19 heavy (non-hydrogen) atoms. The lowest BCUT2D eigenvalue weighted by Crippen LogP contribution is -2.30. The Morgan fingerprint density at radius 1 is 1.47 bits per heavy atom. The van der Waals surface area contributed by atoms with Crippen molar-refractivity contribution >= 4 is 22.9 Å². The van der Waals surface area contributed by atoms with E-state index in [0.717, 1.165) is 11.0 Å². The smallest absolute Gasteiger partial charge is 0.244 e. The van der Waals surface area contributed by atoms with Crippen LogP contribution in [0, 0.1) is 0 Å². The molecule has 0 saturated carbocycles. The molecule has 0 bridgehead atoms. The molecule has 1 unspecified atom stereocenters. The number of fused-ring (bicyclic) bond motifs is 1. The van der Waals surface area contributed by atoms with Gasteiger partial charge in [-0.15, -0.1) is 0 Å². The summed E-state index contributed by atoms with van der Waals surface area (Å²) >= 11 is 0. The number of carbonyl (C=O) groups is 1. The molecule has 1 atom stereocenters. The fraction of sp³-hybridized carbons (Fsp3) is 0.385. The monoisotopic (exact) mass is 262 g/mol. The Bertz CT molecular complexity index is 618. The number of imidazole rings is 1. The predicted octanol–water partition coefficient (Wildman–Crippen LogP) is 1.28. The first-order valence-corrected chi connectivity index (χ1v) is 5.98. The molecule has 0 aliphatic carbocycles. The molecule has 1 aromatic heterocycles. The molecule has 0 spiro atoms. The summed E-state index contributed by atoms with van der Waals surface area (Å²) < 4.78 is 6.89. The van der Waals surface area contributed by atoms with Crippen molar-refractivity contribution in [1.82, 2.24) is 14.5 Å². The number of nitrogens with two attached hydrogens (primary N) is 1. The average molecular weight is 262 g/mol. The largest absolute Gasteiger partial charge is 0.497 e. The number of benzene rings is 1. The Morgan fingerprint density at radius 2 is 2.16 bits per heavy atom. The molecule has 0 radical (unpaired) electrons. The second-order valence-corrected chi connectivity index (χ2v) is 4.60. The standard InChI is InChI=1S/C13H18N4O2/c1-8(12(18)16(2)3)17-11-6-5-9(19-4)7-10(11)15-13(17)14/h5-8H,1-4H3,(H2,14,15). The number of hydrogen-bond acceptors (Lipinski definition) is 4. The summed E-state index contributed by atoms with van der Waals surface area (Å²) in [5.41, 5.74) is 7.46. The second-order valence-electron chi connectivity index (χ2n) is 4.60. The average Bonchev–Trinajstić information content (AvgIpc) is 2.71. The number of amides is 1. The fourth-order valence-electron chi connectivity index (χ4n) is 2.12. The van der Waals surface area contributed by atoms with E-state index in [4.69, 9.17) is 10.5 Å². The van der Waals surface area contributed by atoms with Crippen LogP contribution in [0.3, 0.4) is 0 Å². The van der Waals surface area contributed by atoms with Gasteiger partial charge >= 0.3 is 0 Å². The molecule has 1 amide bonds. The first kappa shape index (κ1) is 13.2. The van der Waals surface area contributed by atoms with Crippen molar-refractivity contribution in [2.24, 2.45) is 0 Å². The number of likely N-dealkylation sites (N-methyl/N-ethyl adjacent to an activating group) is 1. The number of aromatic nitrogens is 2. The van der Waals surface area contributed by atoms with E-state index in [9.17, 15) is 4.79 Å². The third-order valence-electron chi connectivity index (χ3n) is 3.11. The van der Waals surface area contributed by atoms with E-state index in [2.05, 4.69) is 4.98 Å². The lowest BCUT2D eigenvalue weighted by molar-refractivity contribution is -0.131. The summed E-state index contributed by atoms with van der Waals surface area (Å²) in [5, 5.41) is 0. The Balaban J connectivity index is 2.54. The minimum Gasteiger partial charge on any atom is -0.497 e. The van der Waals surface area contributed by atoms with E-state index in [1.165, 1.54) is 0 Å². The van der Waals surface area contributed by atoms with Crippen LogP contribution in [0.15, 0.2) is 18.2 Å². The number of methoxy groups -OCH3 is 1. The molecular weight excluding hydrogens is 244 g/mol. The van der Waals surface area contributed by atoms with Gasteiger partial charge in [0.15, 0.2) is 0 Å². The minimum absolute atomic E-state index is 0.0261. The highest BCUT2D eigenvalue weighted by molar-refractivity contribution is 5.85. The molecular formula is C13H18N4O2. The quantitative estimate of drug-likeness (QED) is 0.904. The van der Waals surface area contributed by atoms with E-state index >= 15 is 0 Å². The molecule has 1 heterocycles. The number of carbonyl (C=O) groups excluding carboxylic acids is 1. The molecule has 0 saturated heterocycles. The molecule has 0 aliphatic rings. The van der Waals surface area contributed by atoms with Crippen LogP contribution in [0.25, 0.3) is 11.0 Å². The van der Waals surface area contributed by atoms with Crippen LogP contribution in [0.5, 0.6) is 5.75 Å². The second kappa shape index (κ2) is 4.79. The molecule has 2 rings (SSSR count). The van der Waals surface area contributed by atoms with Gasteiger partial charge in [0, 0.05) is 20.2 Å². The van der Waals surface area contributed by atoms with Crippen molar-refractivity contribution in [3.63, 3.8) is 0 Å². The number of nitrogen functional groups attached to an aromatic ring is 1. The van der Waals surface area contributed by atoms with E-state index in [0.29, 0.717) is 11.7 Å². The third-order valence-corrected chi connectivity index (χ3v) is 3.11. The summed E-state index contributed by atoms with van der Waals surface area (Å²) in [6.45, 7) is 1.81. The van der Waals surface area contributed by atoms with Crippen LogP contribution >= 0.6 is 0 Å². The van der Waals surface area contributed by atoms with Gasteiger partial charge in [0.2, 0.25) is 11.9 Å². The van der Waals surface area contributed by atoms with Gasteiger partial charge in [-0.05, 0) is 19.1 Å². The zero-order valence-electron chi connectivity index (χ0n) is 11.5. The lowest BCUT2D eigenvalue weighted by atomic mass is 10.2. The van der Waals surface area contributed by atoms with Gasteiger partial charge in [0.05, 0.1) is 18.1 Å². The molecule has 1 aromatic carbocycles. The van der Waals surface area contributed by atoms with Gasteiger partial charge < -0.3 is 15.4 Å². The molecule has 2 aromatic rings. The maximum atomic E-state index is 12.1. The summed E-state index contributed by atoms with van der Waals surface area (Å²) in [6, 6.07) is 5.09. The number of anilines is 1. The Labute approximate surface area is 111 Å². The first-order valence-electron chi connectivity index (χ1n) is 5.98. The van der Waals surface area contributed by atoms with Gasteiger partial charge in [-0.25, -0.2) is 4.98 Å². The molecule has 2 N–H and O–H groups in total. The number of rotatable bonds is 3. The SMILES string of the molecule is COc1ccc2c(c1)nc(N)n2C(C)C(=O)N(C)C. The van der Waals surface area contributed by atoms with Crippen LogP contribution in [0.2, 0.25) is 0 Å². The lowest BCUT2D eigenvalue weighted by Gasteiger charge is -2.19. The number of ether oxygens (including phenoxy) is 1. The summed E-state index contributed by atoms with van der Waals surface area (Å²) in [6.07, 6.45) is 0. The summed E-state index contributed by atoms with van der Waals surface area (Å²) in [5.74, 6) is 1.01. The normalized spacial score (nSPS) is 12.4. The topological polar surface area (TPSA) is 73.4 Å². The van der Waals surface area contributed by atoms with Crippen LogP contribution in [0.4, 0.5) is 5.95 Å². The minimum atomic E-state index is -0.395. The van der Waals surface area contributed by atoms with Crippen molar-refractivity contribution in [2.75, 3.05) is 26.9 Å². The van der Waals surface area contributed by atoms with Crippen LogP contribution in [-0.4, -0.2) is 41.6 Å². The maximum Gasteiger partial charge on any atom is 0.244 e.